The topological polar surface area (TPSA) is 39.7 Å². The molecule has 3 rings (SSSR count). The summed E-state index contributed by atoms with van der Waals surface area (Å²) in [6.45, 7) is 1.55. The molecule has 1 aliphatic heterocycles. The lowest BCUT2D eigenvalue weighted by atomic mass is 10.00. The van der Waals surface area contributed by atoms with Crippen LogP contribution in [0.4, 0.5) is 0 Å². The maximum atomic E-state index is 5.72. The van der Waals surface area contributed by atoms with E-state index in [2.05, 4.69) is 23.5 Å². The molecule has 0 saturated heterocycles. The predicted octanol–water partition coefficient (Wildman–Crippen LogP) is 3.32. The minimum absolute atomic E-state index is 0.279. The van der Waals surface area contributed by atoms with Gasteiger partial charge in [-0.1, -0.05) is 12.1 Å². The van der Waals surface area contributed by atoms with E-state index in [0.717, 1.165) is 36.8 Å². The van der Waals surface area contributed by atoms with E-state index in [0.29, 0.717) is 0 Å². The summed E-state index contributed by atoms with van der Waals surface area (Å²) in [6, 6.07) is 14.4. The van der Waals surface area contributed by atoms with Crippen LogP contribution in [0, 0.1) is 0 Å². The van der Waals surface area contributed by atoms with Crippen molar-refractivity contribution in [3.8, 4) is 17.2 Å². The summed E-state index contributed by atoms with van der Waals surface area (Å²) < 4.78 is 16.2. The summed E-state index contributed by atoms with van der Waals surface area (Å²) in [5.74, 6) is 2.68. The molecule has 0 aliphatic carbocycles. The molecule has 0 amide bonds. The number of ether oxygens (including phenoxy) is 3. The van der Waals surface area contributed by atoms with Crippen LogP contribution in [0.2, 0.25) is 0 Å². The van der Waals surface area contributed by atoms with Crippen molar-refractivity contribution < 1.29 is 14.2 Å². The highest BCUT2D eigenvalue weighted by Gasteiger charge is 2.21. The third-order valence-corrected chi connectivity index (χ3v) is 3.97. The summed E-state index contributed by atoms with van der Waals surface area (Å²) in [7, 11) is 3.37. The standard InChI is InChI=1S/C18H21NO3/c1-20-14-5-3-13(4-6-14)12-19-17-9-10-22-18-8-7-15(21-2)11-16(17)18/h3-8,11,17,19H,9-10,12H2,1-2H3. The number of benzene rings is 2. The average Bonchev–Trinajstić information content (AvgIpc) is 2.59. The van der Waals surface area contributed by atoms with E-state index >= 15 is 0 Å². The normalized spacial score (nSPS) is 16.5. The smallest absolute Gasteiger partial charge is 0.124 e. The van der Waals surface area contributed by atoms with E-state index in [1.54, 1.807) is 14.2 Å². The Hall–Kier alpha value is -2.20. The van der Waals surface area contributed by atoms with E-state index in [1.807, 2.05) is 24.3 Å². The lowest BCUT2D eigenvalue weighted by molar-refractivity contribution is 0.251. The second-order valence-corrected chi connectivity index (χ2v) is 5.32. The molecule has 1 atom stereocenters. The highest BCUT2D eigenvalue weighted by atomic mass is 16.5. The van der Waals surface area contributed by atoms with Crippen molar-refractivity contribution in [2.45, 2.75) is 19.0 Å². The molecule has 2 aromatic rings. The fourth-order valence-electron chi connectivity index (χ4n) is 2.70. The Morgan fingerprint density at radius 3 is 2.50 bits per heavy atom. The molecule has 1 heterocycles. The van der Waals surface area contributed by atoms with E-state index in [-0.39, 0.29) is 6.04 Å². The minimum atomic E-state index is 0.279. The Balaban J connectivity index is 1.71. The number of fused-ring (bicyclic) bond motifs is 1. The highest BCUT2D eigenvalue weighted by Crippen LogP contribution is 2.34. The molecule has 22 heavy (non-hydrogen) atoms. The second-order valence-electron chi connectivity index (χ2n) is 5.32. The molecule has 0 fully saturated rings. The van der Waals surface area contributed by atoms with Crippen LogP contribution >= 0.6 is 0 Å². The fourth-order valence-corrected chi connectivity index (χ4v) is 2.70. The monoisotopic (exact) mass is 299 g/mol. The Morgan fingerprint density at radius 1 is 1.05 bits per heavy atom. The zero-order chi connectivity index (χ0) is 15.4. The maximum absolute atomic E-state index is 5.72. The van der Waals surface area contributed by atoms with Crippen molar-refractivity contribution >= 4 is 0 Å². The van der Waals surface area contributed by atoms with Gasteiger partial charge in [0.2, 0.25) is 0 Å². The van der Waals surface area contributed by atoms with Gasteiger partial charge in [0.1, 0.15) is 17.2 Å². The zero-order valence-corrected chi connectivity index (χ0v) is 13.0. The Bertz CT molecular complexity index is 625. The molecule has 0 bridgehead atoms. The van der Waals surface area contributed by atoms with Crippen molar-refractivity contribution in [1.29, 1.82) is 0 Å². The van der Waals surface area contributed by atoms with Gasteiger partial charge >= 0.3 is 0 Å². The predicted molar refractivity (Wildman–Crippen MR) is 85.7 cm³/mol. The molecule has 4 heteroatoms. The van der Waals surface area contributed by atoms with Gasteiger partial charge in [-0.3, -0.25) is 0 Å². The van der Waals surface area contributed by atoms with Crippen molar-refractivity contribution in [1.82, 2.24) is 5.32 Å². The number of rotatable bonds is 5. The Kier molecular flexibility index (Phi) is 4.49. The number of hydrogen-bond donors (Lipinski definition) is 1. The van der Waals surface area contributed by atoms with E-state index in [4.69, 9.17) is 14.2 Å². The molecule has 1 N–H and O–H groups in total. The number of nitrogens with one attached hydrogen (secondary N) is 1. The van der Waals surface area contributed by atoms with E-state index in [9.17, 15) is 0 Å². The molecule has 4 nitrogen and oxygen atoms in total. The fraction of sp³-hybridized carbons (Fsp3) is 0.333. The first-order valence-electron chi connectivity index (χ1n) is 7.47. The van der Waals surface area contributed by atoms with E-state index in [1.165, 1.54) is 11.1 Å². The van der Waals surface area contributed by atoms with Gasteiger partial charge in [-0.15, -0.1) is 0 Å². The van der Waals surface area contributed by atoms with Crippen molar-refractivity contribution in [3.63, 3.8) is 0 Å². The van der Waals surface area contributed by atoms with Crippen LogP contribution in [0.25, 0.3) is 0 Å². The van der Waals surface area contributed by atoms with Crippen LogP contribution in [0.3, 0.4) is 0 Å². The summed E-state index contributed by atoms with van der Waals surface area (Å²) in [5.41, 5.74) is 2.40. The lowest BCUT2D eigenvalue weighted by Crippen LogP contribution is -2.26. The van der Waals surface area contributed by atoms with Gasteiger partial charge in [-0.2, -0.15) is 0 Å². The van der Waals surface area contributed by atoms with Crippen molar-refractivity contribution in [3.05, 3.63) is 53.6 Å². The molecule has 0 radical (unpaired) electrons. The van der Waals surface area contributed by atoms with Gasteiger partial charge in [0, 0.05) is 24.6 Å². The Morgan fingerprint density at radius 2 is 1.77 bits per heavy atom. The van der Waals surface area contributed by atoms with Gasteiger partial charge in [0.15, 0.2) is 0 Å². The third-order valence-electron chi connectivity index (χ3n) is 3.97. The van der Waals surface area contributed by atoms with Gasteiger partial charge < -0.3 is 19.5 Å². The molecule has 2 aromatic carbocycles. The van der Waals surface area contributed by atoms with Crippen LogP contribution in [-0.2, 0) is 6.54 Å². The van der Waals surface area contributed by atoms with Crippen molar-refractivity contribution in [2.75, 3.05) is 20.8 Å². The largest absolute Gasteiger partial charge is 0.497 e. The Labute approximate surface area is 131 Å². The summed E-state index contributed by atoms with van der Waals surface area (Å²) in [5, 5.41) is 3.61. The zero-order valence-electron chi connectivity index (χ0n) is 13.0. The molecule has 1 unspecified atom stereocenters. The number of hydrogen-bond acceptors (Lipinski definition) is 4. The minimum Gasteiger partial charge on any atom is -0.497 e. The average molecular weight is 299 g/mol. The number of methoxy groups -OCH3 is 2. The highest BCUT2D eigenvalue weighted by molar-refractivity contribution is 5.43. The quantitative estimate of drug-likeness (QED) is 0.919. The molecule has 1 aliphatic rings. The second kappa shape index (κ2) is 6.71. The van der Waals surface area contributed by atoms with Crippen LogP contribution in [0.1, 0.15) is 23.6 Å². The van der Waals surface area contributed by atoms with Crippen LogP contribution in [0.5, 0.6) is 17.2 Å². The molecule has 0 aromatic heterocycles. The summed E-state index contributed by atoms with van der Waals surface area (Å²) >= 11 is 0. The van der Waals surface area contributed by atoms with Crippen LogP contribution < -0.4 is 19.5 Å². The maximum Gasteiger partial charge on any atom is 0.124 e. The molecular formula is C18H21NO3. The molecular weight excluding hydrogens is 278 g/mol. The van der Waals surface area contributed by atoms with Gasteiger partial charge in [-0.05, 0) is 35.9 Å². The SMILES string of the molecule is COc1ccc(CNC2CCOc3ccc(OC)cc32)cc1. The molecule has 116 valence electrons. The van der Waals surface area contributed by atoms with Gasteiger partial charge in [-0.25, -0.2) is 0 Å². The molecule has 0 spiro atoms. The van der Waals surface area contributed by atoms with E-state index < -0.39 is 0 Å². The third kappa shape index (κ3) is 3.17. The summed E-state index contributed by atoms with van der Waals surface area (Å²) in [6.07, 6.45) is 0.955. The van der Waals surface area contributed by atoms with Gasteiger partial charge in [0.25, 0.3) is 0 Å². The first-order chi connectivity index (χ1) is 10.8. The summed E-state index contributed by atoms with van der Waals surface area (Å²) in [4.78, 5) is 0. The van der Waals surface area contributed by atoms with Crippen molar-refractivity contribution in [2.24, 2.45) is 0 Å². The van der Waals surface area contributed by atoms with Crippen LogP contribution in [-0.4, -0.2) is 20.8 Å². The van der Waals surface area contributed by atoms with Gasteiger partial charge in [0.05, 0.1) is 20.8 Å². The van der Waals surface area contributed by atoms with Crippen LogP contribution in [0.15, 0.2) is 42.5 Å². The first kappa shape index (κ1) is 14.7. The molecule has 0 saturated carbocycles. The lowest BCUT2D eigenvalue weighted by Gasteiger charge is -2.27. The first-order valence-corrected chi connectivity index (χ1v) is 7.47.